The summed E-state index contributed by atoms with van der Waals surface area (Å²) < 4.78 is 5.38. The molecule has 0 unspecified atom stereocenters. The lowest BCUT2D eigenvalue weighted by atomic mass is 10.1. The molecular weight excluding hydrogens is 330 g/mol. The molecule has 1 aliphatic heterocycles. The van der Waals surface area contributed by atoms with Gasteiger partial charge in [-0.25, -0.2) is 0 Å². The summed E-state index contributed by atoms with van der Waals surface area (Å²) in [6, 6.07) is 7.87. The molecule has 2 heterocycles. The van der Waals surface area contributed by atoms with E-state index >= 15 is 0 Å². The molecule has 1 saturated heterocycles. The molecule has 1 amide bonds. The second-order valence-electron chi connectivity index (χ2n) is 6.72. The van der Waals surface area contributed by atoms with Crippen LogP contribution in [0.3, 0.4) is 0 Å². The van der Waals surface area contributed by atoms with E-state index in [4.69, 9.17) is 4.74 Å². The second-order valence-corrected chi connectivity index (χ2v) is 6.72. The number of rotatable bonds is 5. The Bertz CT molecular complexity index is 820. The summed E-state index contributed by atoms with van der Waals surface area (Å²) in [6.45, 7) is 9.33. The molecule has 6 nitrogen and oxygen atoms in total. The average molecular weight is 355 g/mol. The van der Waals surface area contributed by atoms with Gasteiger partial charge in [0.1, 0.15) is 5.69 Å². The number of nitrogens with zero attached hydrogens (tertiary/aromatic N) is 1. The number of ether oxygens (including phenoxy) is 1. The van der Waals surface area contributed by atoms with E-state index in [1.807, 2.05) is 25.1 Å². The van der Waals surface area contributed by atoms with E-state index in [0.717, 1.165) is 49.8 Å². The number of morpholine rings is 1. The maximum atomic E-state index is 12.6. The summed E-state index contributed by atoms with van der Waals surface area (Å²) in [6.07, 6.45) is 0. The predicted octanol–water partition coefficient (Wildman–Crippen LogP) is 2.92. The number of hydrogen-bond donors (Lipinski definition) is 2. The van der Waals surface area contributed by atoms with Crippen molar-refractivity contribution in [1.29, 1.82) is 0 Å². The fourth-order valence-corrected chi connectivity index (χ4v) is 3.46. The summed E-state index contributed by atoms with van der Waals surface area (Å²) in [7, 11) is 0. The van der Waals surface area contributed by atoms with Crippen LogP contribution in [0.4, 0.5) is 5.69 Å². The molecule has 138 valence electrons. The number of aromatic nitrogens is 1. The van der Waals surface area contributed by atoms with Crippen molar-refractivity contribution in [2.24, 2.45) is 0 Å². The van der Waals surface area contributed by atoms with Gasteiger partial charge in [-0.3, -0.25) is 14.5 Å². The quantitative estimate of drug-likeness (QED) is 0.809. The molecule has 2 aromatic rings. The molecule has 1 aliphatic rings. The van der Waals surface area contributed by atoms with E-state index < -0.39 is 0 Å². The Morgan fingerprint density at radius 3 is 2.62 bits per heavy atom. The van der Waals surface area contributed by atoms with Gasteiger partial charge in [-0.2, -0.15) is 0 Å². The zero-order valence-electron chi connectivity index (χ0n) is 15.5. The topological polar surface area (TPSA) is 74.4 Å². The van der Waals surface area contributed by atoms with Gasteiger partial charge in [-0.05, 0) is 44.0 Å². The number of nitrogens with one attached hydrogen (secondary N) is 2. The highest BCUT2D eigenvalue weighted by molar-refractivity contribution is 6.07. The minimum absolute atomic E-state index is 0.0391. The van der Waals surface area contributed by atoms with Gasteiger partial charge >= 0.3 is 0 Å². The van der Waals surface area contributed by atoms with Crippen molar-refractivity contribution in [1.82, 2.24) is 9.88 Å². The molecule has 0 spiro atoms. The smallest absolute Gasteiger partial charge is 0.272 e. The first-order valence-corrected chi connectivity index (χ1v) is 8.86. The molecule has 0 atom stereocenters. The Morgan fingerprint density at radius 1 is 1.23 bits per heavy atom. The Hall–Kier alpha value is -2.44. The standard InChI is InChI=1S/C20H25N3O3/c1-13-18(15(3)24)14(2)21-19(13)20(25)22-17-6-4-5-16(11-17)12-23-7-9-26-10-8-23/h4-6,11,21H,7-10,12H2,1-3H3,(H,22,25). The lowest BCUT2D eigenvalue weighted by Gasteiger charge is -2.26. The molecular formula is C20H25N3O3. The minimum atomic E-state index is -0.235. The molecule has 26 heavy (non-hydrogen) atoms. The summed E-state index contributed by atoms with van der Waals surface area (Å²) >= 11 is 0. The highest BCUT2D eigenvalue weighted by Gasteiger charge is 2.20. The fourth-order valence-electron chi connectivity index (χ4n) is 3.46. The van der Waals surface area contributed by atoms with E-state index in [-0.39, 0.29) is 11.7 Å². The summed E-state index contributed by atoms with van der Waals surface area (Å²) in [5, 5.41) is 2.93. The maximum absolute atomic E-state index is 12.6. The molecule has 3 rings (SSSR count). The normalized spacial score (nSPS) is 15.0. The molecule has 0 bridgehead atoms. The van der Waals surface area contributed by atoms with Crippen LogP contribution in [0.25, 0.3) is 0 Å². The Kier molecular flexibility index (Phi) is 5.54. The van der Waals surface area contributed by atoms with Crippen LogP contribution in [-0.4, -0.2) is 47.9 Å². The van der Waals surface area contributed by atoms with Crippen LogP contribution in [0.15, 0.2) is 24.3 Å². The van der Waals surface area contributed by atoms with Crippen LogP contribution in [0.2, 0.25) is 0 Å². The van der Waals surface area contributed by atoms with Gasteiger partial charge in [0.25, 0.3) is 5.91 Å². The van der Waals surface area contributed by atoms with Gasteiger partial charge in [0.2, 0.25) is 0 Å². The lowest BCUT2D eigenvalue weighted by molar-refractivity contribution is 0.0342. The third kappa shape index (κ3) is 4.03. The third-order valence-electron chi connectivity index (χ3n) is 4.71. The molecule has 1 aromatic carbocycles. The monoisotopic (exact) mass is 355 g/mol. The highest BCUT2D eigenvalue weighted by atomic mass is 16.5. The Balaban J connectivity index is 1.72. The van der Waals surface area contributed by atoms with E-state index in [1.54, 1.807) is 6.92 Å². The van der Waals surface area contributed by atoms with Gasteiger partial charge in [-0.1, -0.05) is 12.1 Å². The molecule has 0 saturated carbocycles. The van der Waals surface area contributed by atoms with Crippen LogP contribution in [0.5, 0.6) is 0 Å². The number of H-pyrrole nitrogens is 1. The summed E-state index contributed by atoms with van der Waals surface area (Å²) in [5.41, 5.74) is 4.34. The van der Waals surface area contributed by atoms with E-state index in [1.165, 1.54) is 6.92 Å². The minimum Gasteiger partial charge on any atom is -0.379 e. The number of anilines is 1. The third-order valence-corrected chi connectivity index (χ3v) is 4.71. The average Bonchev–Trinajstić information content (AvgIpc) is 2.91. The largest absolute Gasteiger partial charge is 0.379 e. The van der Waals surface area contributed by atoms with E-state index in [2.05, 4.69) is 21.3 Å². The number of Topliss-reactive ketones (excluding diaryl/α,β-unsaturated/α-hetero) is 1. The Labute approximate surface area is 153 Å². The second kappa shape index (κ2) is 7.85. The zero-order valence-corrected chi connectivity index (χ0v) is 15.5. The van der Waals surface area contributed by atoms with Crippen LogP contribution in [-0.2, 0) is 11.3 Å². The van der Waals surface area contributed by atoms with Crippen LogP contribution >= 0.6 is 0 Å². The molecule has 2 N–H and O–H groups in total. The number of benzene rings is 1. The van der Waals surface area contributed by atoms with Gasteiger partial charge in [-0.15, -0.1) is 0 Å². The number of aryl methyl sites for hydroxylation is 1. The maximum Gasteiger partial charge on any atom is 0.272 e. The van der Waals surface area contributed by atoms with Crippen molar-refractivity contribution in [3.05, 3.63) is 52.3 Å². The van der Waals surface area contributed by atoms with Gasteiger partial charge in [0.05, 0.1) is 13.2 Å². The number of hydrogen-bond acceptors (Lipinski definition) is 4. The van der Waals surface area contributed by atoms with Gasteiger partial charge in [0, 0.05) is 36.6 Å². The number of carbonyl (C=O) groups excluding carboxylic acids is 2. The van der Waals surface area contributed by atoms with Crippen molar-refractivity contribution < 1.29 is 14.3 Å². The van der Waals surface area contributed by atoms with E-state index in [0.29, 0.717) is 16.8 Å². The highest BCUT2D eigenvalue weighted by Crippen LogP contribution is 2.20. The number of amides is 1. The molecule has 1 fully saturated rings. The van der Waals surface area contributed by atoms with Crippen molar-refractivity contribution in [2.75, 3.05) is 31.6 Å². The predicted molar refractivity (Wildman–Crippen MR) is 101 cm³/mol. The van der Waals surface area contributed by atoms with Crippen molar-refractivity contribution in [3.8, 4) is 0 Å². The van der Waals surface area contributed by atoms with Crippen LogP contribution in [0, 0.1) is 13.8 Å². The van der Waals surface area contributed by atoms with Gasteiger partial charge < -0.3 is 15.0 Å². The van der Waals surface area contributed by atoms with Crippen LogP contribution < -0.4 is 5.32 Å². The summed E-state index contributed by atoms with van der Waals surface area (Å²) in [4.78, 5) is 29.8. The lowest BCUT2D eigenvalue weighted by Crippen LogP contribution is -2.35. The first-order chi connectivity index (χ1) is 12.5. The number of ketones is 1. The molecule has 0 radical (unpaired) electrons. The first-order valence-electron chi connectivity index (χ1n) is 8.86. The van der Waals surface area contributed by atoms with Crippen molar-refractivity contribution in [3.63, 3.8) is 0 Å². The number of aromatic amines is 1. The fraction of sp³-hybridized carbons (Fsp3) is 0.400. The number of carbonyl (C=O) groups is 2. The summed E-state index contributed by atoms with van der Waals surface area (Å²) in [5.74, 6) is -0.274. The van der Waals surface area contributed by atoms with Crippen LogP contribution in [0.1, 0.15) is 44.6 Å². The first kappa shape index (κ1) is 18.4. The molecule has 6 heteroatoms. The SMILES string of the molecule is CC(=O)c1c(C)[nH]c(C(=O)Nc2cccc(CN3CCOCC3)c2)c1C. The molecule has 0 aliphatic carbocycles. The van der Waals surface area contributed by atoms with Crippen molar-refractivity contribution in [2.45, 2.75) is 27.3 Å². The Morgan fingerprint density at radius 2 is 1.96 bits per heavy atom. The zero-order chi connectivity index (χ0) is 18.7. The van der Waals surface area contributed by atoms with E-state index in [9.17, 15) is 9.59 Å². The van der Waals surface area contributed by atoms with Crippen molar-refractivity contribution >= 4 is 17.4 Å². The van der Waals surface area contributed by atoms with Gasteiger partial charge in [0.15, 0.2) is 5.78 Å². The molecule has 1 aromatic heterocycles.